The van der Waals surface area contributed by atoms with E-state index in [9.17, 15) is 15.3 Å². The highest BCUT2D eigenvalue weighted by Gasteiger charge is 2.33. The van der Waals surface area contributed by atoms with Crippen molar-refractivity contribution in [2.75, 3.05) is 18.0 Å². The Hall–Kier alpha value is -9.72. The summed E-state index contributed by atoms with van der Waals surface area (Å²) in [6.45, 7) is 15.1. The van der Waals surface area contributed by atoms with Gasteiger partial charge in [0.1, 0.15) is 47.3 Å². The molecule has 0 spiro atoms. The lowest BCUT2D eigenvalue weighted by Crippen LogP contribution is -2.42. The van der Waals surface area contributed by atoms with Crippen LogP contribution in [0.2, 0.25) is 0 Å². The third kappa shape index (κ3) is 14.0. The topological polar surface area (TPSA) is 147 Å². The molecule has 3 heterocycles. The summed E-state index contributed by atoms with van der Waals surface area (Å²) in [4.78, 5) is 16.3. The second-order valence-electron chi connectivity index (χ2n) is 18.6. The van der Waals surface area contributed by atoms with Crippen molar-refractivity contribution in [1.82, 2.24) is 15.5 Å². The number of carbonyl (C=O) groups is 1. The first-order chi connectivity index (χ1) is 36.5. The van der Waals surface area contributed by atoms with E-state index in [0.717, 1.165) is 61.3 Å². The van der Waals surface area contributed by atoms with Gasteiger partial charge in [-0.15, -0.1) is 10.2 Å². The van der Waals surface area contributed by atoms with Crippen LogP contribution in [0.1, 0.15) is 98.6 Å². The number of nitrogens with zero attached hydrogens (tertiary/aromatic N) is 5. The Labute approximate surface area is 473 Å². The van der Waals surface area contributed by atoms with Crippen molar-refractivity contribution in [3.8, 4) is 58.4 Å². The summed E-state index contributed by atoms with van der Waals surface area (Å²) < 4.78 is 24.7. The Kier molecular flexibility index (Phi) is 20.8. The van der Waals surface area contributed by atoms with Crippen LogP contribution in [0.4, 0.5) is 11.4 Å². The molecule has 6 aromatic carbocycles. The number of nitriles is 2. The molecule has 9 rings (SSSR count). The number of nitrogens with one attached hydrogen (secondary N) is 1. The molecule has 11 nitrogen and oxygen atoms in total. The number of allylic oxidation sites excluding steroid dienone is 9. The minimum absolute atomic E-state index is 0. The third-order valence-electron chi connectivity index (χ3n) is 13.5. The summed E-state index contributed by atoms with van der Waals surface area (Å²) in [6, 6.07) is 50.2. The van der Waals surface area contributed by atoms with E-state index in [0.29, 0.717) is 67.2 Å². The van der Waals surface area contributed by atoms with Gasteiger partial charge in [0.05, 0.1) is 12.5 Å². The van der Waals surface area contributed by atoms with Gasteiger partial charge in [-0.1, -0.05) is 129 Å². The molecule has 0 radical (unpaired) electrons. The monoisotopic (exact) mass is 1060 g/mol. The fraction of sp³-hybridized carbons (Fsp3) is 0.221. The summed E-state index contributed by atoms with van der Waals surface area (Å²) in [5, 5.41) is 33.3. The van der Waals surface area contributed by atoms with Gasteiger partial charge < -0.3 is 28.8 Å². The van der Waals surface area contributed by atoms with Crippen molar-refractivity contribution < 1.29 is 29.1 Å². The fourth-order valence-electron chi connectivity index (χ4n) is 9.18. The maximum absolute atomic E-state index is 14.1. The van der Waals surface area contributed by atoms with Crippen molar-refractivity contribution >= 4 is 33.6 Å². The number of benzene rings is 6. The van der Waals surface area contributed by atoms with Crippen molar-refractivity contribution in [3.63, 3.8) is 0 Å². The average molecular weight is 1060 g/mol. The Bertz CT molecular complexity index is 3600. The van der Waals surface area contributed by atoms with Crippen LogP contribution in [0.3, 0.4) is 0 Å². The van der Waals surface area contributed by atoms with Crippen LogP contribution in [-0.4, -0.2) is 29.2 Å². The van der Waals surface area contributed by atoms with Gasteiger partial charge in [0.15, 0.2) is 11.7 Å². The highest BCUT2D eigenvalue weighted by atomic mass is 16.5. The van der Waals surface area contributed by atoms with E-state index in [-0.39, 0.29) is 58.6 Å². The van der Waals surface area contributed by atoms with Crippen LogP contribution in [0.15, 0.2) is 203 Å². The van der Waals surface area contributed by atoms with Crippen LogP contribution in [0, 0.1) is 46.5 Å². The number of ether oxygens (including phenoxy) is 3. The van der Waals surface area contributed by atoms with Gasteiger partial charge in [-0.3, -0.25) is 4.79 Å². The third-order valence-corrected chi connectivity index (χ3v) is 13.5. The van der Waals surface area contributed by atoms with Gasteiger partial charge in [-0.25, -0.2) is 0 Å². The zero-order valence-electron chi connectivity index (χ0n) is 42.1. The molecular weight excluding hydrogens is 981 g/mol. The number of hydrogen-bond acceptors (Lipinski definition) is 10. The summed E-state index contributed by atoms with van der Waals surface area (Å²) in [5.41, 5.74) is 7.28. The van der Waals surface area contributed by atoms with E-state index in [1.165, 1.54) is 12.2 Å². The van der Waals surface area contributed by atoms with Crippen LogP contribution in [-0.2, 0) is 16.1 Å². The minimum atomic E-state index is -0.610. The smallest absolute Gasteiger partial charge is 0.248 e. The van der Waals surface area contributed by atoms with E-state index < -0.39 is 5.41 Å². The quantitative estimate of drug-likeness (QED) is 0.0563. The summed E-state index contributed by atoms with van der Waals surface area (Å²) in [7, 11) is 0. The molecule has 0 fully saturated rings. The lowest BCUT2D eigenvalue weighted by Gasteiger charge is -2.31. The second kappa shape index (κ2) is 27.4. The molecule has 2 aliphatic rings. The maximum atomic E-state index is 14.1. The molecule has 2 unspecified atom stereocenters. The maximum Gasteiger partial charge on any atom is 0.248 e. The number of amides is 1. The van der Waals surface area contributed by atoms with E-state index in [1.54, 1.807) is 12.2 Å². The van der Waals surface area contributed by atoms with E-state index in [1.807, 2.05) is 123 Å². The Morgan fingerprint density at radius 3 is 2.25 bits per heavy atom. The number of aromatic nitrogens is 2. The fourth-order valence-corrected chi connectivity index (χ4v) is 9.18. The number of carbonyl (C=O) groups excluding carboxylic acids is 1. The van der Waals surface area contributed by atoms with Crippen molar-refractivity contribution in [3.05, 3.63) is 222 Å². The molecule has 1 N–H and O–H groups in total. The van der Waals surface area contributed by atoms with Gasteiger partial charge in [-0.2, -0.15) is 10.5 Å². The molecule has 408 valence electrons. The van der Waals surface area contributed by atoms with Crippen molar-refractivity contribution in [2.45, 2.75) is 82.8 Å². The number of anilines is 2. The van der Waals surface area contributed by atoms with Gasteiger partial charge >= 0.3 is 0 Å². The Balaban J connectivity index is 0.00000431. The molecule has 1 amide bonds. The molecule has 2 aliphatic heterocycles. The predicted molar refractivity (Wildman–Crippen MR) is 328 cm³/mol. The second-order valence-corrected chi connectivity index (χ2v) is 18.6. The highest BCUT2D eigenvalue weighted by Crippen LogP contribution is 2.40. The number of para-hydroxylation sites is 1. The number of rotatable bonds is 16. The lowest BCUT2D eigenvalue weighted by atomic mass is 9.76. The van der Waals surface area contributed by atoms with E-state index >= 15 is 0 Å². The van der Waals surface area contributed by atoms with E-state index in [2.05, 4.69) is 94.6 Å². The zero-order valence-corrected chi connectivity index (χ0v) is 42.1. The number of hydrogen-bond donors (Lipinski definition) is 1. The molecule has 2 atom stereocenters. The van der Waals surface area contributed by atoms with Crippen LogP contribution >= 0.6 is 0 Å². The lowest BCUT2D eigenvalue weighted by molar-refractivity contribution is -0.130. The predicted octanol–water partition coefficient (Wildman–Crippen LogP) is 17.3. The number of fused-ring (bicyclic) bond motifs is 2. The molecule has 7 aromatic rings. The van der Waals surface area contributed by atoms with Crippen molar-refractivity contribution in [2.24, 2.45) is 5.41 Å². The first-order valence-corrected chi connectivity index (χ1v) is 24.7. The van der Waals surface area contributed by atoms with Crippen LogP contribution in [0.25, 0.3) is 39.3 Å². The standard InChI is InChI=1S/C64H52N6O5.4CH4.4H2/c1-6-8-19-54-35-49(50(40-65)41-66)36-56(73-54)38-55-34-43(3)57-31-28-52(37-60(57)74-55)70(51-17-10-9-11-18-51)33-32-67-63(71)64(5,7-2)39-44(4)46-24-22-45(23-25-46)42-72-53-29-26-48(27-30-53)61-68-69-62(75-61)59-21-14-16-47-15-12-13-20-58(47)59;;;;;;;;/h1,6,9-18,20-31,34-38,44H,7,32-33,39,42H2,2-5H3;4*1H4;4*1H/p+1/b55-38+;;;;;;;;. The van der Waals surface area contributed by atoms with Gasteiger partial charge in [0.2, 0.25) is 23.8 Å². The minimum Gasteiger partial charge on any atom is -0.489 e. The largest absolute Gasteiger partial charge is 0.489 e. The molecule has 0 saturated heterocycles. The van der Waals surface area contributed by atoms with Gasteiger partial charge in [-0.05, 0) is 120 Å². The first kappa shape index (κ1) is 60.1. The molecule has 1 aromatic heterocycles. The molecule has 11 heteroatoms. The average Bonchev–Trinajstić information content (AvgIpc) is 4.19. The molecule has 0 aliphatic carbocycles. The molecule has 79 heavy (non-hydrogen) atoms. The SMILES string of the molecule is C.C.C.C.[CH+]=CC#CC1=CC(=C(C#N)C#N)C=C(/C=C2\C=C(C)c3ccc(N(CCNC(=O)C(C)(CC)CC(C)c4ccc(COc5ccc(-c6nnc(-c7cccc8ccccc78)o6)cc5)cc4)c4ccccc4)cc3O2)O1.[HH].[HH].[HH].[HH]. The van der Waals surface area contributed by atoms with Gasteiger partial charge in [0.25, 0.3) is 0 Å². The molecule has 0 saturated carbocycles. The summed E-state index contributed by atoms with van der Waals surface area (Å²) in [6.07, 6.45) is 9.24. The first-order valence-electron chi connectivity index (χ1n) is 24.7. The molecule has 0 bridgehead atoms. The van der Waals surface area contributed by atoms with E-state index in [4.69, 9.17) is 25.2 Å². The Morgan fingerprint density at radius 1 is 0.823 bits per heavy atom. The highest BCUT2D eigenvalue weighted by molar-refractivity contribution is 5.94. The van der Waals surface area contributed by atoms with Crippen LogP contribution < -0.4 is 19.7 Å². The normalized spacial score (nSPS) is 13.6. The van der Waals surface area contributed by atoms with Crippen molar-refractivity contribution in [1.29, 1.82) is 10.5 Å². The zero-order chi connectivity index (χ0) is 52.3. The van der Waals surface area contributed by atoms with Crippen LogP contribution in [0.5, 0.6) is 11.5 Å². The molecular formula is C68H77N6O5+. The van der Waals surface area contributed by atoms with Gasteiger partial charge in [0, 0.05) is 76.1 Å². The Morgan fingerprint density at radius 2 is 1.53 bits per heavy atom. The summed E-state index contributed by atoms with van der Waals surface area (Å²) >= 11 is 0. The summed E-state index contributed by atoms with van der Waals surface area (Å²) in [5.74, 6) is 8.88.